The van der Waals surface area contributed by atoms with Gasteiger partial charge in [-0.05, 0) is 24.6 Å². The molecule has 1 aromatic carbocycles. The molecule has 1 aromatic rings. The Balaban J connectivity index is 2.74. The molecule has 0 spiro atoms. The van der Waals surface area contributed by atoms with Crippen LogP contribution in [0.1, 0.15) is 12.0 Å². The summed E-state index contributed by atoms with van der Waals surface area (Å²) in [6, 6.07) is 3.26. The zero-order valence-electron chi connectivity index (χ0n) is 10.5. The van der Waals surface area contributed by atoms with Gasteiger partial charge in [0.05, 0.1) is 10.6 Å². The maximum absolute atomic E-state index is 13.2. The molecule has 20 heavy (non-hydrogen) atoms. The number of halogens is 1. The average molecular weight is 325 g/mol. The summed E-state index contributed by atoms with van der Waals surface area (Å²) in [5.74, 6) is -0.909. The van der Waals surface area contributed by atoms with E-state index in [1.54, 1.807) is 0 Å². The summed E-state index contributed by atoms with van der Waals surface area (Å²) >= 11 is 0. The lowest BCUT2D eigenvalue weighted by atomic mass is 10.2. The molecule has 10 heteroatoms. The van der Waals surface area contributed by atoms with Crippen molar-refractivity contribution in [2.75, 3.05) is 12.3 Å². The van der Waals surface area contributed by atoms with Gasteiger partial charge in [0, 0.05) is 18.7 Å². The quantitative estimate of drug-likeness (QED) is 0.567. The van der Waals surface area contributed by atoms with Gasteiger partial charge in [-0.2, -0.15) is 0 Å². The van der Waals surface area contributed by atoms with Crippen LogP contribution in [0.15, 0.2) is 23.1 Å². The van der Waals surface area contributed by atoms with E-state index in [-0.39, 0.29) is 35.7 Å². The van der Waals surface area contributed by atoms with Crippen molar-refractivity contribution in [1.29, 1.82) is 0 Å². The summed E-state index contributed by atoms with van der Waals surface area (Å²) < 4.78 is 60.6. The first-order valence-electron chi connectivity index (χ1n) is 5.64. The standard InChI is InChI=1S/C10H16FN3O4S2/c11-10-3-2-9(6-8(10)7-12)20(17,18)14-4-1-5-19(13,15)16/h2-3,6,14H,1,4-5,7,12H2,(H2,13,15,16). The molecule has 0 bridgehead atoms. The number of hydrogen-bond donors (Lipinski definition) is 3. The zero-order chi connectivity index (χ0) is 15.4. The lowest BCUT2D eigenvalue weighted by Crippen LogP contribution is -2.27. The number of nitrogens with one attached hydrogen (secondary N) is 1. The van der Waals surface area contributed by atoms with Gasteiger partial charge in [0.15, 0.2) is 0 Å². The van der Waals surface area contributed by atoms with Gasteiger partial charge in [0.2, 0.25) is 20.0 Å². The van der Waals surface area contributed by atoms with Crippen molar-refractivity contribution in [3.05, 3.63) is 29.6 Å². The Morgan fingerprint density at radius 3 is 2.40 bits per heavy atom. The van der Waals surface area contributed by atoms with E-state index in [0.717, 1.165) is 18.2 Å². The maximum atomic E-state index is 13.2. The molecule has 0 amide bonds. The smallest absolute Gasteiger partial charge is 0.240 e. The van der Waals surface area contributed by atoms with Gasteiger partial charge in [-0.15, -0.1) is 0 Å². The Kier molecular flexibility index (Phi) is 5.59. The third kappa shape index (κ3) is 5.13. The molecule has 114 valence electrons. The van der Waals surface area contributed by atoms with E-state index in [4.69, 9.17) is 10.9 Å². The topological polar surface area (TPSA) is 132 Å². The Hall–Kier alpha value is -1.07. The number of sulfonamides is 2. The van der Waals surface area contributed by atoms with Gasteiger partial charge in [0.25, 0.3) is 0 Å². The summed E-state index contributed by atoms with van der Waals surface area (Å²) in [5.41, 5.74) is 5.38. The monoisotopic (exact) mass is 325 g/mol. The van der Waals surface area contributed by atoms with Crippen LogP contribution in [0.5, 0.6) is 0 Å². The number of primary sulfonamides is 1. The van der Waals surface area contributed by atoms with Gasteiger partial charge in [-0.3, -0.25) is 0 Å². The van der Waals surface area contributed by atoms with E-state index in [9.17, 15) is 21.2 Å². The number of hydrogen-bond acceptors (Lipinski definition) is 5. The predicted octanol–water partition coefficient (Wildman–Crippen LogP) is -0.759. The Labute approximate surface area is 117 Å². The molecule has 0 aliphatic heterocycles. The average Bonchev–Trinajstić information content (AvgIpc) is 2.34. The third-order valence-electron chi connectivity index (χ3n) is 2.45. The molecular weight excluding hydrogens is 309 g/mol. The number of rotatable bonds is 7. The molecule has 0 saturated carbocycles. The molecule has 0 radical (unpaired) electrons. The fourth-order valence-electron chi connectivity index (χ4n) is 1.44. The molecule has 0 atom stereocenters. The molecule has 0 aromatic heterocycles. The zero-order valence-corrected chi connectivity index (χ0v) is 12.2. The van der Waals surface area contributed by atoms with Crippen molar-refractivity contribution >= 4 is 20.0 Å². The van der Waals surface area contributed by atoms with Gasteiger partial charge < -0.3 is 5.73 Å². The molecular formula is C10H16FN3O4S2. The van der Waals surface area contributed by atoms with Gasteiger partial charge >= 0.3 is 0 Å². The minimum Gasteiger partial charge on any atom is -0.326 e. The second-order valence-electron chi connectivity index (χ2n) is 4.08. The van der Waals surface area contributed by atoms with Crippen LogP contribution in [0.4, 0.5) is 4.39 Å². The Morgan fingerprint density at radius 1 is 1.20 bits per heavy atom. The van der Waals surface area contributed by atoms with Crippen LogP contribution in [0.3, 0.4) is 0 Å². The second kappa shape index (κ2) is 6.59. The molecule has 0 fully saturated rings. The highest BCUT2D eigenvalue weighted by Crippen LogP contribution is 2.14. The SMILES string of the molecule is NCc1cc(S(=O)(=O)NCCCS(N)(=O)=O)ccc1F. The van der Waals surface area contributed by atoms with Crippen molar-refractivity contribution in [2.24, 2.45) is 10.9 Å². The molecule has 0 aliphatic carbocycles. The van der Waals surface area contributed by atoms with Crippen molar-refractivity contribution in [3.8, 4) is 0 Å². The first-order valence-corrected chi connectivity index (χ1v) is 8.84. The van der Waals surface area contributed by atoms with Gasteiger partial charge in [-0.1, -0.05) is 0 Å². The molecule has 1 rings (SSSR count). The molecule has 0 aliphatic rings. The minimum atomic E-state index is -3.84. The first-order chi connectivity index (χ1) is 9.15. The fourth-order valence-corrected chi connectivity index (χ4v) is 3.11. The van der Waals surface area contributed by atoms with E-state index in [0.29, 0.717) is 0 Å². The van der Waals surface area contributed by atoms with Crippen LogP contribution >= 0.6 is 0 Å². The van der Waals surface area contributed by atoms with Crippen molar-refractivity contribution in [1.82, 2.24) is 4.72 Å². The van der Waals surface area contributed by atoms with Crippen LogP contribution in [0.2, 0.25) is 0 Å². The van der Waals surface area contributed by atoms with E-state index >= 15 is 0 Å². The summed E-state index contributed by atoms with van der Waals surface area (Å²) in [4.78, 5) is -0.130. The van der Waals surface area contributed by atoms with Crippen LogP contribution in [-0.2, 0) is 26.6 Å². The van der Waals surface area contributed by atoms with Crippen molar-refractivity contribution < 1.29 is 21.2 Å². The summed E-state index contributed by atoms with van der Waals surface area (Å²) in [5, 5.41) is 4.79. The number of nitrogens with two attached hydrogens (primary N) is 2. The third-order valence-corrected chi connectivity index (χ3v) is 4.76. The Bertz CT molecular complexity index is 674. The normalized spacial score (nSPS) is 12.6. The highest BCUT2D eigenvalue weighted by atomic mass is 32.2. The van der Waals surface area contributed by atoms with Crippen LogP contribution in [-0.4, -0.2) is 29.1 Å². The summed E-state index contributed by atoms with van der Waals surface area (Å²) in [7, 11) is -7.46. The number of benzene rings is 1. The summed E-state index contributed by atoms with van der Waals surface area (Å²) in [6.45, 7) is -0.214. The fraction of sp³-hybridized carbons (Fsp3) is 0.400. The molecule has 7 nitrogen and oxygen atoms in total. The summed E-state index contributed by atoms with van der Waals surface area (Å²) in [6.07, 6.45) is 0.0446. The lowest BCUT2D eigenvalue weighted by Gasteiger charge is -2.08. The maximum Gasteiger partial charge on any atom is 0.240 e. The largest absolute Gasteiger partial charge is 0.326 e. The molecule has 0 heterocycles. The molecule has 0 saturated heterocycles. The van der Waals surface area contributed by atoms with Crippen molar-refractivity contribution in [2.45, 2.75) is 17.9 Å². The van der Waals surface area contributed by atoms with E-state index in [1.165, 1.54) is 0 Å². The van der Waals surface area contributed by atoms with Gasteiger partial charge in [-0.25, -0.2) is 31.1 Å². The van der Waals surface area contributed by atoms with Crippen LogP contribution in [0.25, 0.3) is 0 Å². The molecule has 5 N–H and O–H groups in total. The van der Waals surface area contributed by atoms with Gasteiger partial charge in [0.1, 0.15) is 5.82 Å². The highest BCUT2D eigenvalue weighted by Gasteiger charge is 2.15. The van der Waals surface area contributed by atoms with Crippen LogP contribution in [0, 0.1) is 5.82 Å². The molecule has 0 unspecified atom stereocenters. The predicted molar refractivity (Wildman–Crippen MR) is 72.1 cm³/mol. The Morgan fingerprint density at radius 2 is 1.85 bits per heavy atom. The highest BCUT2D eigenvalue weighted by molar-refractivity contribution is 7.89. The first kappa shape index (κ1) is 17.0. The van der Waals surface area contributed by atoms with Crippen LogP contribution < -0.4 is 15.6 Å². The van der Waals surface area contributed by atoms with E-state index < -0.39 is 25.9 Å². The van der Waals surface area contributed by atoms with Crippen molar-refractivity contribution in [3.63, 3.8) is 0 Å². The second-order valence-corrected chi connectivity index (χ2v) is 7.58. The van der Waals surface area contributed by atoms with E-state index in [1.807, 2.05) is 0 Å². The minimum absolute atomic E-state index is 0.0446. The van der Waals surface area contributed by atoms with E-state index in [2.05, 4.69) is 4.72 Å². The lowest BCUT2D eigenvalue weighted by molar-refractivity contribution is 0.575.